The van der Waals surface area contributed by atoms with E-state index in [-0.39, 0.29) is 0 Å². The molecule has 0 bridgehead atoms. The Hall–Kier alpha value is -2.28. The third-order valence-electron chi connectivity index (χ3n) is 2.26. The van der Waals surface area contributed by atoms with Crippen molar-refractivity contribution in [3.63, 3.8) is 0 Å². The van der Waals surface area contributed by atoms with E-state index >= 15 is 0 Å². The zero-order chi connectivity index (χ0) is 11.5. The second-order valence-corrected chi connectivity index (χ2v) is 3.51. The molecule has 0 saturated heterocycles. The number of rotatable bonds is 2. The largest absolute Gasteiger partial charge is 0.453 e. The fourth-order valence-corrected chi connectivity index (χ4v) is 1.45. The summed E-state index contributed by atoms with van der Waals surface area (Å²) < 4.78 is 7.25. The van der Waals surface area contributed by atoms with Crippen molar-refractivity contribution in [1.29, 1.82) is 5.26 Å². The topological polar surface area (TPSA) is 50.8 Å². The maximum absolute atomic E-state index is 9.03. The minimum atomic E-state index is 0.561. The molecule has 0 radical (unpaired) electrons. The first-order chi connectivity index (χ1) is 7.70. The number of hydrogen-bond donors (Lipinski definition) is 0. The van der Waals surface area contributed by atoms with Gasteiger partial charge in [-0.1, -0.05) is 12.1 Å². The van der Waals surface area contributed by atoms with E-state index in [4.69, 9.17) is 10.00 Å². The van der Waals surface area contributed by atoms with Crippen molar-refractivity contribution >= 4 is 0 Å². The highest BCUT2D eigenvalue weighted by Gasteiger charge is 2.07. The van der Waals surface area contributed by atoms with Crippen LogP contribution < -0.4 is 4.74 Å². The smallest absolute Gasteiger partial charge is 0.165 e. The lowest BCUT2D eigenvalue weighted by atomic mass is 10.1. The third kappa shape index (κ3) is 1.89. The molecule has 0 aliphatic heterocycles. The van der Waals surface area contributed by atoms with E-state index in [1.165, 1.54) is 0 Å². The Labute approximate surface area is 93.7 Å². The van der Waals surface area contributed by atoms with Gasteiger partial charge in [0, 0.05) is 7.05 Å². The van der Waals surface area contributed by atoms with Gasteiger partial charge in [0.15, 0.2) is 5.75 Å². The first-order valence-electron chi connectivity index (χ1n) is 4.87. The molecule has 2 rings (SSSR count). The molecule has 1 aromatic heterocycles. The highest BCUT2D eigenvalue weighted by atomic mass is 16.5. The molecule has 0 spiro atoms. The van der Waals surface area contributed by atoms with E-state index in [9.17, 15) is 0 Å². The van der Waals surface area contributed by atoms with Crippen molar-refractivity contribution in [2.24, 2.45) is 7.05 Å². The summed E-state index contributed by atoms with van der Waals surface area (Å²) in [5.74, 6) is 1.19. The molecule has 0 saturated carbocycles. The molecule has 0 aliphatic rings. The van der Waals surface area contributed by atoms with Crippen LogP contribution in [-0.4, -0.2) is 9.78 Å². The lowest BCUT2D eigenvalue weighted by molar-refractivity contribution is 0.480. The lowest BCUT2D eigenvalue weighted by Crippen LogP contribution is -1.90. The maximum atomic E-state index is 9.03. The molecule has 16 heavy (non-hydrogen) atoms. The van der Waals surface area contributed by atoms with Gasteiger partial charge in [-0.25, -0.2) is 0 Å². The van der Waals surface area contributed by atoms with Crippen LogP contribution in [0.25, 0.3) is 0 Å². The van der Waals surface area contributed by atoms with E-state index in [0.29, 0.717) is 17.1 Å². The van der Waals surface area contributed by atoms with Crippen molar-refractivity contribution in [2.45, 2.75) is 6.92 Å². The van der Waals surface area contributed by atoms with Crippen molar-refractivity contribution in [2.75, 3.05) is 0 Å². The van der Waals surface area contributed by atoms with E-state index < -0.39 is 0 Å². The fraction of sp³-hybridized carbons (Fsp3) is 0.167. The summed E-state index contributed by atoms with van der Waals surface area (Å²) in [7, 11) is 1.81. The highest BCUT2D eigenvalue weighted by Crippen LogP contribution is 2.26. The normalized spacial score (nSPS) is 9.81. The molecule has 0 unspecified atom stereocenters. The summed E-state index contributed by atoms with van der Waals surface area (Å²) in [5.41, 5.74) is 1.47. The number of benzene rings is 1. The van der Waals surface area contributed by atoms with Crippen LogP contribution in [-0.2, 0) is 7.05 Å². The summed E-state index contributed by atoms with van der Waals surface area (Å²) >= 11 is 0. The quantitative estimate of drug-likeness (QED) is 0.769. The molecule has 0 amide bonds. The zero-order valence-electron chi connectivity index (χ0n) is 9.14. The lowest BCUT2D eigenvalue weighted by Gasteiger charge is -2.06. The molecule has 4 heteroatoms. The van der Waals surface area contributed by atoms with Crippen molar-refractivity contribution in [3.05, 3.63) is 41.7 Å². The number of hydrogen-bond acceptors (Lipinski definition) is 3. The van der Waals surface area contributed by atoms with Crippen LogP contribution in [0.4, 0.5) is 0 Å². The van der Waals surface area contributed by atoms with Crippen molar-refractivity contribution in [1.82, 2.24) is 9.78 Å². The van der Waals surface area contributed by atoms with Gasteiger partial charge in [0.25, 0.3) is 0 Å². The van der Waals surface area contributed by atoms with Crippen LogP contribution in [0.15, 0.2) is 30.6 Å². The molecule has 2 aromatic rings. The second-order valence-electron chi connectivity index (χ2n) is 3.51. The van der Waals surface area contributed by atoms with Gasteiger partial charge < -0.3 is 4.74 Å². The Morgan fingerprint density at radius 1 is 1.44 bits per heavy atom. The Bertz CT molecular complexity index is 552. The van der Waals surface area contributed by atoms with Gasteiger partial charge in [-0.05, 0) is 18.6 Å². The van der Waals surface area contributed by atoms with Gasteiger partial charge >= 0.3 is 0 Å². The molecular formula is C12H11N3O. The number of ether oxygens (including phenoxy) is 1. The zero-order valence-corrected chi connectivity index (χ0v) is 9.14. The van der Waals surface area contributed by atoms with Gasteiger partial charge in [-0.2, -0.15) is 10.4 Å². The minimum Gasteiger partial charge on any atom is -0.453 e. The molecule has 0 aliphatic carbocycles. The Morgan fingerprint density at radius 3 is 2.88 bits per heavy atom. The molecule has 80 valence electrons. The predicted molar refractivity (Wildman–Crippen MR) is 59.2 cm³/mol. The van der Waals surface area contributed by atoms with Gasteiger partial charge in [-0.15, -0.1) is 0 Å². The number of nitrogens with zero attached hydrogens (tertiary/aromatic N) is 3. The molecule has 1 aromatic carbocycles. The Balaban J connectivity index is 2.35. The van der Waals surface area contributed by atoms with Crippen LogP contribution in [0, 0.1) is 18.3 Å². The van der Waals surface area contributed by atoms with E-state index in [0.717, 1.165) is 5.56 Å². The Morgan fingerprint density at radius 2 is 2.25 bits per heavy atom. The van der Waals surface area contributed by atoms with Crippen LogP contribution in [0.2, 0.25) is 0 Å². The first kappa shape index (κ1) is 10.2. The molecule has 1 heterocycles. The number of aromatic nitrogens is 2. The molecular weight excluding hydrogens is 202 g/mol. The third-order valence-corrected chi connectivity index (χ3v) is 2.26. The SMILES string of the molecule is Cc1cccc(Oc2cnn(C)c2)c1C#N. The standard InChI is InChI=1S/C12H11N3O/c1-9-4-3-5-12(11(9)6-13)16-10-7-14-15(2)8-10/h3-5,7-8H,1-2H3. The van der Waals surface area contributed by atoms with Crippen molar-refractivity contribution in [3.8, 4) is 17.6 Å². The molecule has 0 fully saturated rings. The van der Waals surface area contributed by atoms with E-state index in [1.807, 2.05) is 26.1 Å². The van der Waals surface area contributed by atoms with Crippen LogP contribution in [0.3, 0.4) is 0 Å². The highest BCUT2D eigenvalue weighted by molar-refractivity contribution is 5.49. The second kappa shape index (κ2) is 4.07. The predicted octanol–water partition coefficient (Wildman–Crippen LogP) is 2.39. The van der Waals surface area contributed by atoms with E-state index in [1.54, 1.807) is 23.1 Å². The minimum absolute atomic E-state index is 0.561. The molecule has 0 N–H and O–H groups in total. The van der Waals surface area contributed by atoms with E-state index in [2.05, 4.69) is 11.2 Å². The fourth-order valence-electron chi connectivity index (χ4n) is 1.45. The van der Waals surface area contributed by atoms with Gasteiger partial charge in [0.05, 0.1) is 18.0 Å². The number of nitriles is 1. The monoisotopic (exact) mass is 213 g/mol. The molecule has 4 nitrogen and oxygen atoms in total. The summed E-state index contributed by atoms with van der Waals surface area (Å²) in [6, 6.07) is 7.66. The average Bonchev–Trinajstić information content (AvgIpc) is 2.64. The Kier molecular flexibility index (Phi) is 2.61. The maximum Gasteiger partial charge on any atom is 0.165 e. The first-order valence-corrected chi connectivity index (χ1v) is 4.87. The van der Waals surface area contributed by atoms with Crippen LogP contribution in [0.1, 0.15) is 11.1 Å². The van der Waals surface area contributed by atoms with Gasteiger partial charge in [0.1, 0.15) is 11.8 Å². The summed E-state index contributed by atoms with van der Waals surface area (Å²) in [4.78, 5) is 0. The van der Waals surface area contributed by atoms with Crippen LogP contribution >= 0.6 is 0 Å². The molecule has 0 atom stereocenters. The summed E-state index contributed by atoms with van der Waals surface area (Å²) in [5, 5.41) is 13.0. The summed E-state index contributed by atoms with van der Waals surface area (Å²) in [6.07, 6.45) is 3.37. The number of aryl methyl sites for hydroxylation is 2. The van der Waals surface area contributed by atoms with Crippen molar-refractivity contribution < 1.29 is 4.74 Å². The summed E-state index contributed by atoms with van der Waals surface area (Å²) in [6.45, 7) is 1.88. The average molecular weight is 213 g/mol. The van der Waals surface area contributed by atoms with Gasteiger partial charge in [-0.3, -0.25) is 4.68 Å². The van der Waals surface area contributed by atoms with Crippen LogP contribution in [0.5, 0.6) is 11.5 Å². The van der Waals surface area contributed by atoms with Gasteiger partial charge in [0.2, 0.25) is 0 Å².